The van der Waals surface area contributed by atoms with Gasteiger partial charge in [-0.15, -0.1) is 0 Å². The number of hydrogen-bond donors (Lipinski definition) is 2. The van der Waals surface area contributed by atoms with E-state index in [4.69, 9.17) is 28.6 Å². The van der Waals surface area contributed by atoms with Crippen LogP contribution in [0.3, 0.4) is 0 Å². The Morgan fingerprint density at radius 2 is 2.15 bits per heavy atom. The second kappa shape index (κ2) is 8.66. The van der Waals surface area contributed by atoms with Gasteiger partial charge in [-0.25, -0.2) is 4.39 Å². The number of anilines is 1. The van der Waals surface area contributed by atoms with Gasteiger partial charge >= 0.3 is 0 Å². The second-order valence-electron chi connectivity index (χ2n) is 6.32. The molecule has 0 saturated carbocycles. The van der Waals surface area contributed by atoms with Gasteiger partial charge in [0.05, 0.1) is 19.3 Å². The minimum absolute atomic E-state index is 0.151. The highest BCUT2D eigenvalue weighted by molar-refractivity contribution is 7.80. The Kier molecular flexibility index (Phi) is 6.29. The fraction of sp³-hybridized carbons (Fsp3) is 0.316. The summed E-state index contributed by atoms with van der Waals surface area (Å²) in [6, 6.07) is 12.3. The molecule has 1 fully saturated rings. The molecule has 1 heterocycles. The van der Waals surface area contributed by atoms with Gasteiger partial charge in [0.1, 0.15) is 18.1 Å². The maximum absolute atomic E-state index is 13.9. The van der Waals surface area contributed by atoms with Crippen molar-refractivity contribution in [1.29, 1.82) is 0 Å². The summed E-state index contributed by atoms with van der Waals surface area (Å²) >= 11 is 11.7. The van der Waals surface area contributed by atoms with Crippen LogP contribution in [0.4, 0.5) is 10.1 Å². The van der Waals surface area contributed by atoms with Crippen LogP contribution >= 0.6 is 23.8 Å². The third kappa shape index (κ3) is 4.63. The molecule has 138 valence electrons. The molecule has 0 aliphatic carbocycles. The van der Waals surface area contributed by atoms with Crippen LogP contribution in [0.2, 0.25) is 5.02 Å². The largest absolute Gasteiger partial charge is 0.495 e. The molecule has 0 amide bonds. The van der Waals surface area contributed by atoms with Crippen LogP contribution in [0.15, 0.2) is 42.5 Å². The number of methoxy groups -OCH3 is 1. The van der Waals surface area contributed by atoms with Gasteiger partial charge in [0.15, 0.2) is 11.8 Å². The Hall–Kier alpha value is -1.89. The highest BCUT2D eigenvalue weighted by Crippen LogP contribution is 2.27. The predicted molar refractivity (Wildman–Crippen MR) is 106 cm³/mol. The van der Waals surface area contributed by atoms with Gasteiger partial charge in [-0.3, -0.25) is 0 Å². The smallest absolute Gasteiger partial charge is 0.177 e. The van der Waals surface area contributed by atoms with Crippen molar-refractivity contribution in [1.82, 2.24) is 4.90 Å². The van der Waals surface area contributed by atoms with Gasteiger partial charge in [0.25, 0.3) is 0 Å². The van der Waals surface area contributed by atoms with Crippen LogP contribution in [0, 0.1) is 5.82 Å². The molecule has 0 aromatic heterocycles. The number of halogens is 2. The van der Waals surface area contributed by atoms with Gasteiger partial charge in [0.2, 0.25) is 0 Å². The fourth-order valence-corrected chi connectivity index (χ4v) is 3.59. The molecular formula is C19H22ClFN3OS+. The van der Waals surface area contributed by atoms with Crippen LogP contribution < -0.4 is 15.0 Å². The topological polar surface area (TPSA) is 28.9 Å². The summed E-state index contributed by atoms with van der Waals surface area (Å²) in [6.45, 7) is 3.23. The normalized spacial score (nSPS) is 17.0. The quantitative estimate of drug-likeness (QED) is 0.780. The molecule has 2 aromatic carbocycles. The summed E-state index contributed by atoms with van der Waals surface area (Å²) in [4.78, 5) is 3.39. The summed E-state index contributed by atoms with van der Waals surface area (Å²) in [5.74, 6) is 0.533. The maximum Gasteiger partial charge on any atom is 0.177 e. The lowest BCUT2D eigenvalue weighted by atomic mass is 10.2. The van der Waals surface area contributed by atoms with Crippen LogP contribution in [-0.4, -0.2) is 36.9 Å². The lowest BCUT2D eigenvalue weighted by Gasteiger charge is -2.34. The molecule has 0 bridgehead atoms. The molecule has 1 unspecified atom stereocenters. The van der Waals surface area contributed by atoms with Crippen LogP contribution in [0.1, 0.15) is 12.0 Å². The Balaban J connectivity index is 1.65. The van der Waals surface area contributed by atoms with Gasteiger partial charge in [-0.1, -0.05) is 29.8 Å². The standard InChI is InChI=1S/C19H21ClFN3OS/c1-25-18-8-7-15(20)11-17(18)22-19(26)24-10-4-9-23(13-24)12-14-5-2-3-6-16(14)21/h2-3,5-8,11H,4,9-10,12-13H2,1H3,(H,22,26)/p+1. The first-order valence-electron chi connectivity index (χ1n) is 8.53. The van der Waals surface area contributed by atoms with E-state index in [0.29, 0.717) is 22.4 Å². The molecule has 1 atom stereocenters. The van der Waals surface area contributed by atoms with E-state index in [1.165, 1.54) is 11.0 Å². The van der Waals surface area contributed by atoms with E-state index < -0.39 is 0 Å². The summed E-state index contributed by atoms with van der Waals surface area (Å²) in [7, 11) is 1.61. The molecule has 0 spiro atoms. The fourth-order valence-electron chi connectivity index (χ4n) is 3.15. The number of benzene rings is 2. The molecule has 0 radical (unpaired) electrons. The summed E-state index contributed by atoms with van der Waals surface area (Å²) in [6.07, 6.45) is 0.998. The Bertz CT molecular complexity index is 789. The van der Waals surface area contributed by atoms with Crippen molar-refractivity contribution >= 4 is 34.6 Å². The van der Waals surface area contributed by atoms with E-state index >= 15 is 0 Å². The molecule has 1 aliphatic heterocycles. The molecule has 1 aliphatic rings. The van der Waals surface area contributed by atoms with Crippen molar-refractivity contribution in [2.45, 2.75) is 13.0 Å². The zero-order valence-electron chi connectivity index (χ0n) is 14.6. The Morgan fingerprint density at radius 1 is 1.35 bits per heavy atom. The van der Waals surface area contributed by atoms with E-state index in [1.807, 2.05) is 12.1 Å². The maximum atomic E-state index is 13.9. The molecule has 2 N–H and O–H groups in total. The van der Waals surface area contributed by atoms with Gasteiger partial charge in [-0.2, -0.15) is 0 Å². The lowest BCUT2D eigenvalue weighted by molar-refractivity contribution is -0.927. The van der Waals surface area contributed by atoms with Crippen molar-refractivity contribution in [3.05, 3.63) is 58.9 Å². The minimum Gasteiger partial charge on any atom is -0.495 e. The van der Waals surface area contributed by atoms with Crippen molar-refractivity contribution in [3.63, 3.8) is 0 Å². The van der Waals surface area contributed by atoms with E-state index in [2.05, 4.69) is 10.2 Å². The van der Waals surface area contributed by atoms with Gasteiger partial charge in [0, 0.05) is 23.6 Å². The summed E-state index contributed by atoms with van der Waals surface area (Å²) in [5.41, 5.74) is 1.48. The summed E-state index contributed by atoms with van der Waals surface area (Å²) in [5, 5.41) is 4.46. The van der Waals surface area contributed by atoms with E-state index in [1.54, 1.807) is 31.4 Å². The monoisotopic (exact) mass is 394 g/mol. The number of hydrogen-bond acceptors (Lipinski definition) is 2. The van der Waals surface area contributed by atoms with E-state index in [-0.39, 0.29) is 5.82 Å². The van der Waals surface area contributed by atoms with E-state index in [9.17, 15) is 4.39 Å². The molecular weight excluding hydrogens is 373 g/mol. The van der Waals surface area contributed by atoms with Crippen molar-refractivity contribution in [2.75, 3.05) is 32.2 Å². The van der Waals surface area contributed by atoms with Crippen molar-refractivity contribution in [2.24, 2.45) is 0 Å². The molecule has 26 heavy (non-hydrogen) atoms. The number of thiocarbonyl (C=S) groups is 1. The average Bonchev–Trinajstić information content (AvgIpc) is 2.64. The highest BCUT2D eigenvalue weighted by atomic mass is 35.5. The number of quaternary nitrogens is 1. The van der Waals surface area contributed by atoms with E-state index in [0.717, 1.165) is 37.4 Å². The predicted octanol–water partition coefficient (Wildman–Crippen LogP) is 2.93. The van der Waals surface area contributed by atoms with Crippen LogP contribution in [0.25, 0.3) is 0 Å². The van der Waals surface area contributed by atoms with Crippen molar-refractivity contribution in [3.8, 4) is 5.75 Å². The molecule has 4 nitrogen and oxygen atoms in total. The first-order chi connectivity index (χ1) is 12.6. The summed E-state index contributed by atoms with van der Waals surface area (Å²) < 4.78 is 19.3. The molecule has 7 heteroatoms. The van der Waals surface area contributed by atoms with Gasteiger partial charge in [-0.05, 0) is 36.5 Å². The molecule has 2 aromatic rings. The lowest BCUT2D eigenvalue weighted by Crippen LogP contribution is -3.13. The second-order valence-corrected chi connectivity index (χ2v) is 7.14. The number of rotatable bonds is 4. The first-order valence-corrected chi connectivity index (χ1v) is 9.32. The number of ether oxygens (including phenoxy) is 1. The van der Waals surface area contributed by atoms with Crippen molar-refractivity contribution < 1.29 is 14.0 Å². The third-order valence-corrected chi connectivity index (χ3v) is 5.06. The highest BCUT2D eigenvalue weighted by Gasteiger charge is 2.24. The van der Waals surface area contributed by atoms with Crippen LogP contribution in [0.5, 0.6) is 5.75 Å². The van der Waals surface area contributed by atoms with Gasteiger partial charge < -0.3 is 19.9 Å². The van der Waals surface area contributed by atoms with Crippen LogP contribution in [-0.2, 0) is 6.54 Å². The number of nitrogens with one attached hydrogen (secondary N) is 2. The Labute approximate surface area is 163 Å². The molecule has 3 rings (SSSR count). The Morgan fingerprint density at radius 3 is 2.92 bits per heavy atom. The minimum atomic E-state index is -0.151. The average molecular weight is 395 g/mol. The number of nitrogens with zero attached hydrogens (tertiary/aromatic N) is 1. The molecule has 1 saturated heterocycles. The third-order valence-electron chi connectivity index (χ3n) is 4.46. The first kappa shape index (κ1) is 18.9. The zero-order chi connectivity index (χ0) is 18.5. The zero-order valence-corrected chi connectivity index (χ0v) is 16.2. The SMILES string of the molecule is COc1ccc(Cl)cc1NC(=S)N1CCC[NH+](Cc2ccccc2F)C1.